The van der Waals surface area contributed by atoms with E-state index in [0.717, 1.165) is 64.6 Å². The van der Waals surface area contributed by atoms with Gasteiger partial charge >= 0.3 is 0 Å². The highest BCUT2D eigenvalue weighted by atomic mass is 32.1. The molecule has 0 fully saturated rings. The summed E-state index contributed by atoms with van der Waals surface area (Å²) in [4.78, 5) is 24.3. The molecule has 1 aliphatic heterocycles. The number of Topliss-reactive ketones (excluding diaryl/α,β-unsaturated/α-hetero) is 1. The van der Waals surface area contributed by atoms with E-state index >= 15 is 0 Å². The van der Waals surface area contributed by atoms with Gasteiger partial charge < -0.3 is 9.84 Å². The summed E-state index contributed by atoms with van der Waals surface area (Å²) in [6.07, 6.45) is 9.99. The Morgan fingerprint density at radius 3 is 3.03 bits per heavy atom. The molecule has 1 N–H and O–H groups in total. The van der Waals surface area contributed by atoms with Gasteiger partial charge in [0.05, 0.1) is 17.1 Å². The number of rotatable bonds is 8. The lowest BCUT2D eigenvalue weighted by Crippen LogP contribution is -2.22. The van der Waals surface area contributed by atoms with E-state index in [0.29, 0.717) is 18.6 Å². The number of thiazole rings is 1. The molecule has 8 heteroatoms. The normalized spacial score (nSPS) is 13.6. The Morgan fingerprint density at radius 1 is 1.20 bits per heavy atom. The Bertz CT molecular complexity index is 1130. The SMILES string of the molecule is O=C(CCCCc1ccno1)Cc1sc2c(c1-c1nc3cnccc3s1)CCNC2. The van der Waals surface area contributed by atoms with Crippen LogP contribution in [0.25, 0.3) is 20.8 Å². The first-order valence-electron chi connectivity index (χ1n) is 10.2. The molecule has 0 bridgehead atoms. The first-order valence-corrected chi connectivity index (χ1v) is 11.9. The Morgan fingerprint density at radius 2 is 2.17 bits per heavy atom. The summed E-state index contributed by atoms with van der Waals surface area (Å²) < 4.78 is 6.26. The highest BCUT2D eigenvalue weighted by Crippen LogP contribution is 2.41. The summed E-state index contributed by atoms with van der Waals surface area (Å²) in [5.74, 6) is 1.18. The zero-order valence-electron chi connectivity index (χ0n) is 16.5. The first-order chi connectivity index (χ1) is 14.8. The molecule has 4 aromatic heterocycles. The second-order valence-electron chi connectivity index (χ2n) is 7.49. The molecule has 0 spiro atoms. The molecule has 0 aromatic carbocycles. The van der Waals surface area contributed by atoms with Crippen LogP contribution >= 0.6 is 22.7 Å². The van der Waals surface area contributed by atoms with Crippen molar-refractivity contribution in [1.82, 2.24) is 20.4 Å². The average molecular weight is 439 g/mol. The summed E-state index contributed by atoms with van der Waals surface area (Å²) in [6, 6.07) is 3.89. The molecule has 154 valence electrons. The largest absolute Gasteiger partial charge is 0.361 e. The van der Waals surface area contributed by atoms with E-state index in [9.17, 15) is 4.79 Å². The number of pyridine rings is 1. The van der Waals surface area contributed by atoms with Crippen LogP contribution in [0.5, 0.6) is 0 Å². The van der Waals surface area contributed by atoms with Crippen molar-refractivity contribution in [2.75, 3.05) is 6.54 Å². The number of nitrogens with one attached hydrogen (secondary N) is 1. The predicted octanol–water partition coefficient (Wildman–Crippen LogP) is 4.58. The van der Waals surface area contributed by atoms with Crippen molar-refractivity contribution in [3.05, 3.63) is 51.8 Å². The molecular weight excluding hydrogens is 416 g/mol. The van der Waals surface area contributed by atoms with Gasteiger partial charge in [0.2, 0.25) is 0 Å². The monoisotopic (exact) mass is 438 g/mol. The zero-order chi connectivity index (χ0) is 20.3. The number of nitrogens with zero attached hydrogens (tertiary/aromatic N) is 3. The number of carbonyl (C=O) groups is 1. The number of aryl methyl sites for hydroxylation is 1. The van der Waals surface area contributed by atoms with Crippen molar-refractivity contribution in [3.63, 3.8) is 0 Å². The molecule has 0 radical (unpaired) electrons. The minimum atomic E-state index is 0.295. The zero-order valence-corrected chi connectivity index (χ0v) is 18.2. The van der Waals surface area contributed by atoms with Gasteiger partial charge in [-0.2, -0.15) is 0 Å². The van der Waals surface area contributed by atoms with Gasteiger partial charge in [-0.15, -0.1) is 22.7 Å². The van der Waals surface area contributed by atoms with Crippen LogP contribution in [0.3, 0.4) is 0 Å². The summed E-state index contributed by atoms with van der Waals surface area (Å²) >= 11 is 3.47. The maximum absolute atomic E-state index is 12.8. The first kappa shape index (κ1) is 19.5. The second kappa shape index (κ2) is 8.75. The maximum atomic E-state index is 12.8. The Kier molecular flexibility index (Phi) is 5.70. The fraction of sp³-hybridized carbons (Fsp3) is 0.364. The molecule has 0 amide bonds. The molecule has 0 unspecified atom stereocenters. The van der Waals surface area contributed by atoms with E-state index in [4.69, 9.17) is 9.51 Å². The fourth-order valence-corrected chi connectivity index (χ4v) is 6.36. The molecule has 1 aliphatic rings. The van der Waals surface area contributed by atoms with Crippen LogP contribution in [0, 0.1) is 0 Å². The van der Waals surface area contributed by atoms with Gasteiger partial charge in [-0.3, -0.25) is 9.78 Å². The molecule has 0 atom stereocenters. The fourth-order valence-electron chi connectivity index (χ4n) is 3.91. The number of hydrogen-bond acceptors (Lipinski definition) is 8. The number of fused-ring (bicyclic) bond motifs is 2. The topological polar surface area (TPSA) is 80.9 Å². The third-order valence-electron chi connectivity index (χ3n) is 5.38. The quantitative estimate of drug-likeness (QED) is 0.406. The number of carbonyl (C=O) groups excluding carboxylic acids is 1. The van der Waals surface area contributed by atoms with Gasteiger partial charge in [0.1, 0.15) is 22.1 Å². The number of aromatic nitrogens is 3. The van der Waals surface area contributed by atoms with Gasteiger partial charge in [0.25, 0.3) is 0 Å². The van der Waals surface area contributed by atoms with Crippen LogP contribution in [0.15, 0.2) is 35.2 Å². The van der Waals surface area contributed by atoms with E-state index in [1.165, 1.54) is 16.0 Å². The Labute approximate surface area is 182 Å². The van der Waals surface area contributed by atoms with E-state index in [1.54, 1.807) is 35.1 Å². The van der Waals surface area contributed by atoms with E-state index in [2.05, 4.69) is 15.5 Å². The van der Waals surface area contributed by atoms with Gasteiger partial charge in [0, 0.05) is 53.4 Å². The number of hydrogen-bond donors (Lipinski definition) is 1. The Balaban J connectivity index is 1.34. The highest BCUT2D eigenvalue weighted by Gasteiger charge is 2.25. The number of ketones is 1. The molecule has 30 heavy (non-hydrogen) atoms. The molecule has 0 aliphatic carbocycles. The van der Waals surface area contributed by atoms with Crippen LogP contribution in [0.4, 0.5) is 0 Å². The molecule has 4 aromatic rings. The van der Waals surface area contributed by atoms with Crippen LogP contribution < -0.4 is 5.32 Å². The number of thiophene rings is 1. The third kappa shape index (κ3) is 4.08. The molecular formula is C22H22N4O2S2. The minimum Gasteiger partial charge on any atom is -0.361 e. The molecule has 0 saturated heterocycles. The molecule has 5 rings (SSSR count). The lowest BCUT2D eigenvalue weighted by atomic mass is 10.00. The van der Waals surface area contributed by atoms with E-state index in [1.807, 2.05) is 18.3 Å². The summed E-state index contributed by atoms with van der Waals surface area (Å²) in [7, 11) is 0. The van der Waals surface area contributed by atoms with Crippen molar-refractivity contribution < 1.29 is 9.32 Å². The highest BCUT2D eigenvalue weighted by molar-refractivity contribution is 7.22. The minimum absolute atomic E-state index is 0.295. The molecule has 0 saturated carbocycles. The maximum Gasteiger partial charge on any atom is 0.138 e. The van der Waals surface area contributed by atoms with E-state index < -0.39 is 0 Å². The van der Waals surface area contributed by atoms with Gasteiger partial charge in [-0.1, -0.05) is 5.16 Å². The average Bonchev–Trinajstić information content (AvgIpc) is 3.48. The molecule has 5 heterocycles. The lowest BCUT2D eigenvalue weighted by molar-refractivity contribution is -0.118. The predicted molar refractivity (Wildman–Crippen MR) is 119 cm³/mol. The van der Waals surface area contributed by atoms with Crippen LogP contribution in [0.1, 0.15) is 40.3 Å². The van der Waals surface area contributed by atoms with Gasteiger partial charge in [-0.05, 0) is 37.4 Å². The van der Waals surface area contributed by atoms with Crippen molar-refractivity contribution in [3.8, 4) is 10.6 Å². The van der Waals surface area contributed by atoms with Crippen molar-refractivity contribution in [2.45, 2.75) is 45.1 Å². The van der Waals surface area contributed by atoms with Gasteiger partial charge in [0.15, 0.2) is 0 Å². The van der Waals surface area contributed by atoms with Crippen molar-refractivity contribution in [1.29, 1.82) is 0 Å². The second-order valence-corrected chi connectivity index (χ2v) is 9.71. The van der Waals surface area contributed by atoms with Crippen LogP contribution in [-0.2, 0) is 30.6 Å². The van der Waals surface area contributed by atoms with Crippen LogP contribution in [-0.4, -0.2) is 27.5 Å². The standard InChI is InChI=1S/C22H22N4O2S2/c27-14(3-1-2-4-15-5-10-25-28-15)11-19-21(16-6-8-24-13-20(16)29-19)22-26-17-12-23-9-7-18(17)30-22/h5,7,9-10,12,24H,1-4,6,8,11,13H2. The Hall–Kier alpha value is -2.42. The lowest BCUT2D eigenvalue weighted by Gasteiger charge is -2.13. The third-order valence-corrected chi connectivity index (χ3v) is 7.67. The summed E-state index contributed by atoms with van der Waals surface area (Å²) in [6.45, 7) is 1.85. The van der Waals surface area contributed by atoms with Gasteiger partial charge in [-0.25, -0.2) is 4.98 Å². The smallest absolute Gasteiger partial charge is 0.138 e. The summed E-state index contributed by atoms with van der Waals surface area (Å²) in [5.41, 5.74) is 3.50. The molecule has 6 nitrogen and oxygen atoms in total. The van der Waals surface area contributed by atoms with Crippen LogP contribution in [0.2, 0.25) is 0 Å². The number of unbranched alkanes of at least 4 members (excludes halogenated alkanes) is 1. The van der Waals surface area contributed by atoms with Crippen molar-refractivity contribution in [2.24, 2.45) is 0 Å². The summed E-state index contributed by atoms with van der Waals surface area (Å²) in [5, 5.41) is 8.19. The van der Waals surface area contributed by atoms with Crippen molar-refractivity contribution >= 4 is 38.7 Å². The van der Waals surface area contributed by atoms with E-state index in [-0.39, 0.29) is 0 Å².